The lowest BCUT2D eigenvalue weighted by molar-refractivity contribution is -0.132. The smallest absolute Gasteiger partial charge is 0.236 e. The van der Waals surface area contributed by atoms with Crippen molar-refractivity contribution in [2.45, 2.75) is 31.0 Å². The number of furan rings is 2. The number of amides is 1. The van der Waals surface area contributed by atoms with Crippen molar-refractivity contribution in [3.63, 3.8) is 0 Å². The van der Waals surface area contributed by atoms with Gasteiger partial charge in [-0.25, -0.2) is 0 Å². The predicted octanol–water partition coefficient (Wildman–Crippen LogP) is 4.72. The zero-order valence-electron chi connectivity index (χ0n) is 14.1. The Hall–Kier alpha value is -2.40. The standard InChI is InChI=1S/C20H21NO3S/c1-16(25-15-17-7-3-2-4-8-17)20(22)21(13-18-9-5-11-23-18)14-19-10-6-12-24-19/h2-12,16H,13-15H2,1H3. The van der Waals surface area contributed by atoms with E-state index in [1.54, 1.807) is 29.2 Å². The molecule has 0 aliphatic rings. The zero-order chi connectivity index (χ0) is 17.5. The minimum absolute atomic E-state index is 0.0775. The molecule has 25 heavy (non-hydrogen) atoms. The summed E-state index contributed by atoms with van der Waals surface area (Å²) in [6.45, 7) is 2.82. The monoisotopic (exact) mass is 355 g/mol. The maximum absolute atomic E-state index is 12.9. The van der Waals surface area contributed by atoms with E-state index >= 15 is 0 Å². The number of rotatable bonds is 8. The number of benzene rings is 1. The third-order valence-electron chi connectivity index (χ3n) is 3.86. The first kappa shape index (κ1) is 17.4. The second-order valence-electron chi connectivity index (χ2n) is 5.79. The minimum Gasteiger partial charge on any atom is -0.467 e. The number of nitrogens with zero attached hydrogens (tertiary/aromatic N) is 1. The molecule has 0 fully saturated rings. The van der Waals surface area contributed by atoms with E-state index in [2.05, 4.69) is 12.1 Å². The van der Waals surface area contributed by atoms with Crippen molar-refractivity contribution in [1.82, 2.24) is 4.90 Å². The van der Waals surface area contributed by atoms with Gasteiger partial charge >= 0.3 is 0 Å². The molecule has 1 amide bonds. The van der Waals surface area contributed by atoms with E-state index in [1.165, 1.54) is 5.56 Å². The number of carbonyl (C=O) groups excluding carboxylic acids is 1. The van der Waals surface area contributed by atoms with Crippen molar-refractivity contribution in [1.29, 1.82) is 0 Å². The molecular formula is C20H21NO3S. The van der Waals surface area contributed by atoms with Crippen LogP contribution in [0.4, 0.5) is 0 Å². The van der Waals surface area contributed by atoms with Crippen molar-refractivity contribution in [3.05, 3.63) is 84.2 Å². The number of carbonyl (C=O) groups is 1. The molecule has 130 valence electrons. The average molecular weight is 355 g/mol. The molecule has 3 rings (SSSR count). The van der Waals surface area contributed by atoms with Crippen LogP contribution in [0, 0.1) is 0 Å². The molecule has 0 saturated carbocycles. The van der Waals surface area contributed by atoms with Crippen molar-refractivity contribution in [2.75, 3.05) is 0 Å². The maximum Gasteiger partial charge on any atom is 0.236 e. The Morgan fingerprint density at radius 1 is 0.960 bits per heavy atom. The van der Waals surface area contributed by atoms with Gasteiger partial charge in [0, 0.05) is 5.75 Å². The quantitative estimate of drug-likeness (QED) is 0.586. The van der Waals surface area contributed by atoms with Gasteiger partial charge in [0.2, 0.25) is 5.91 Å². The van der Waals surface area contributed by atoms with Gasteiger partial charge in [0.05, 0.1) is 30.9 Å². The summed E-state index contributed by atoms with van der Waals surface area (Å²) in [5.74, 6) is 2.41. The van der Waals surface area contributed by atoms with E-state index in [0.717, 1.165) is 17.3 Å². The van der Waals surface area contributed by atoms with E-state index < -0.39 is 0 Å². The predicted molar refractivity (Wildman–Crippen MR) is 98.9 cm³/mol. The van der Waals surface area contributed by atoms with E-state index in [0.29, 0.717) is 13.1 Å². The van der Waals surface area contributed by atoms with Gasteiger partial charge < -0.3 is 13.7 Å². The Bertz CT molecular complexity index is 717. The molecule has 0 saturated heterocycles. The molecule has 4 nitrogen and oxygen atoms in total. The van der Waals surface area contributed by atoms with Gasteiger partial charge in [-0.3, -0.25) is 4.79 Å². The van der Waals surface area contributed by atoms with Crippen molar-refractivity contribution in [3.8, 4) is 0 Å². The summed E-state index contributed by atoms with van der Waals surface area (Å²) in [7, 11) is 0. The SMILES string of the molecule is CC(SCc1ccccc1)C(=O)N(Cc1ccco1)Cc1ccco1. The largest absolute Gasteiger partial charge is 0.467 e. The molecule has 0 radical (unpaired) electrons. The molecule has 1 atom stereocenters. The number of hydrogen-bond acceptors (Lipinski definition) is 4. The highest BCUT2D eigenvalue weighted by atomic mass is 32.2. The summed E-state index contributed by atoms with van der Waals surface area (Å²) in [5.41, 5.74) is 1.22. The van der Waals surface area contributed by atoms with Gasteiger partial charge in [-0.05, 0) is 36.8 Å². The van der Waals surface area contributed by atoms with E-state index in [1.807, 2.05) is 49.4 Å². The normalized spacial score (nSPS) is 12.0. The van der Waals surface area contributed by atoms with Crippen molar-refractivity contribution >= 4 is 17.7 Å². The van der Waals surface area contributed by atoms with Gasteiger partial charge in [0.25, 0.3) is 0 Å². The molecule has 5 heteroatoms. The van der Waals surface area contributed by atoms with E-state index in [9.17, 15) is 4.79 Å². The van der Waals surface area contributed by atoms with Gasteiger partial charge in [0.15, 0.2) is 0 Å². The number of thioether (sulfide) groups is 1. The first-order valence-corrected chi connectivity index (χ1v) is 9.26. The summed E-state index contributed by atoms with van der Waals surface area (Å²) < 4.78 is 10.8. The Morgan fingerprint density at radius 2 is 1.56 bits per heavy atom. The summed E-state index contributed by atoms with van der Waals surface area (Å²) in [5, 5.41) is -0.148. The third kappa shape index (κ3) is 5.03. The maximum atomic E-state index is 12.9. The van der Waals surface area contributed by atoms with Crippen LogP contribution in [0.1, 0.15) is 24.0 Å². The van der Waals surface area contributed by atoms with Crippen LogP contribution >= 0.6 is 11.8 Å². The molecule has 0 spiro atoms. The molecule has 0 N–H and O–H groups in total. The van der Waals surface area contributed by atoms with Crippen LogP contribution in [-0.2, 0) is 23.6 Å². The topological polar surface area (TPSA) is 46.6 Å². The molecule has 3 aromatic rings. The lowest BCUT2D eigenvalue weighted by atomic mass is 10.2. The van der Waals surface area contributed by atoms with Gasteiger partial charge in [-0.15, -0.1) is 11.8 Å². The Labute approximate surface area is 151 Å². The minimum atomic E-state index is -0.148. The molecule has 0 aliphatic carbocycles. The lowest BCUT2D eigenvalue weighted by Crippen LogP contribution is -2.35. The van der Waals surface area contributed by atoms with Crippen LogP contribution in [-0.4, -0.2) is 16.1 Å². The van der Waals surface area contributed by atoms with Crippen molar-refractivity contribution in [2.24, 2.45) is 0 Å². The summed E-state index contributed by atoms with van der Waals surface area (Å²) in [6, 6.07) is 17.6. The van der Waals surface area contributed by atoms with Gasteiger partial charge in [0.1, 0.15) is 11.5 Å². The summed E-state index contributed by atoms with van der Waals surface area (Å²) >= 11 is 1.64. The molecule has 0 bridgehead atoms. The van der Waals surface area contributed by atoms with Crippen LogP contribution in [0.5, 0.6) is 0 Å². The van der Waals surface area contributed by atoms with Crippen molar-refractivity contribution < 1.29 is 13.6 Å². The molecule has 2 heterocycles. The highest BCUT2D eigenvalue weighted by Crippen LogP contribution is 2.21. The highest BCUT2D eigenvalue weighted by molar-refractivity contribution is 7.99. The molecular weight excluding hydrogens is 334 g/mol. The molecule has 0 aliphatic heterocycles. The summed E-state index contributed by atoms with van der Waals surface area (Å²) in [4.78, 5) is 14.7. The van der Waals surface area contributed by atoms with Crippen LogP contribution in [0.3, 0.4) is 0 Å². The second kappa shape index (κ2) is 8.62. The third-order valence-corrected chi connectivity index (χ3v) is 5.06. The summed E-state index contributed by atoms with van der Waals surface area (Å²) in [6.07, 6.45) is 3.25. The van der Waals surface area contributed by atoms with E-state index in [4.69, 9.17) is 8.83 Å². The Balaban J connectivity index is 1.64. The second-order valence-corrected chi connectivity index (χ2v) is 7.12. The van der Waals surface area contributed by atoms with Crippen LogP contribution in [0.2, 0.25) is 0 Å². The van der Waals surface area contributed by atoms with Gasteiger partial charge in [-0.1, -0.05) is 30.3 Å². The Morgan fingerprint density at radius 3 is 2.08 bits per heavy atom. The van der Waals surface area contributed by atoms with Gasteiger partial charge in [-0.2, -0.15) is 0 Å². The average Bonchev–Trinajstić information content (AvgIpc) is 3.33. The zero-order valence-corrected chi connectivity index (χ0v) is 14.9. The first-order valence-electron chi connectivity index (χ1n) is 8.21. The highest BCUT2D eigenvalue weighted by Gasteiger charge is 2.23. The lowest BCUT2D eigenvalue weighted by Gasteiger charge is -2.24. The number of hydrogen-bond donors (Lipinski definition) is 0. The van der Waals surface area contributed by atoms with Crippen LogP contribution in [0.15, 0.2) is 76.0 Å². The fraction of sp³-hybridized carbons (Fsp3) is 0.250. The fourth-order valence-corrected chi connectivity index (χ4v) is 3.44. The first-order chi connectivity index (χ1) is 12.2. The molecule has 2 aromatic heterocycles. The molecule has 1 unspecified atom stereocenters. The van der Waals surface area contributed by atoms with Crippen LogP contribution in [0.25, 0.3) is 0 Å². The van der Waals surface area contributed by atoms with E-state index in [-0.39, 0.29) is 11.2 Å². The molecule has 1 aromatic carbocycles. The Kier molecular flexibility index (Phi) is 6.01. The van der Waals surface area contributed by atoms with Crippen LogP contribution < -0.4 is 0 Å². The fourth-order valence-electron chi connectivity index (χ4n) is 2.52.